The van der Waals surface area contributed by atoms with Gasteiger partial charge in [-0.2, -0.15) is 10.2 Å². The van der Waals surface area contributed by atoms with E-state index >= 15 is 0 Å². The van der Waals surface area contributed by atoms with Crippen molar-refractivity contribution in [1.82, 2.24) is 14.9 Å². The van der Waals surface area contributed by atoms with Crippen molar-refractivity contribution in [2.45, 2.75) is 0 Å². The number of nitrogen functional groups attached to an aromatic ring is 2. The minimum Gasteiger partial charge on any atom is -0.492 e. The summed E-state index contributed by atoms with van der Waals surface area (Å²) < 4.78 is 5.79. The highest BCUT2D eigenvalue weighted by atomic mass is 16.5. The lowest BCUT2D eigenvalue weighted by molar-refractivity contribution is 0.262. The summed E-state index contributed by atoms with van der Waals surface area (Å²) in [4.78, 5) is 9.99. The molecule has 2 rings (SSSR count). The fraction of sp³-hybridized carbons (Fsp3) is 0.267. The molecule has 1 heterocycles. The zero-order valence-corrected chi connectivity index (χ0v) is 12.6. The molecule has 0 saturated carbocycles. The number of nitrogens with two attached hydrogens (primary N) is 2. The summed E-state index contributed by atoms with van der Waals surface area (Å²) in [5.41, 5.74) is 12.7. The second-order valence-corrected chi connectivity index (χ2v) is 4.95. The van der Waals surface area contributed by atoms with Gasteiger partial charge >= 0.3 is 0 Å². The van der Waals surface area contributed by atoms with Crippen LogP contribution >= 0.6 is 0 Å². The van der Waals surface area contributed by atoms with Crippen LogP contribution in [0.1, 0.15) is 5.56 Å². The highest BCUT2D eigenvalue weighted by Crippen LogP contribution is 2.32. The number of benzene rings is 1. The standard InChI is InChI=1S/C15H18N6O/c1-21(2)7-8-22-12-6-4-3-5-10(12)13-11(9-16)14(17)20-15(18)19-13/h3-6H,7-8H2,1-2H3,(H4,17,18,19,20). The van der Waals surface area contributed by atoms with E-state index in [2.05, 4.69) is 9.97 Å². The molecule has 4 N–H and O–H groups in total. The third-order valence-electron chi connectivity index (χ3n) is 3.00. The zero-order chi connectivity index (χ0) is 16.1. The minimum absolute atomic E-state index is 0.0228. The van der Waals surface area contributed by atoms with Gasteiger partial charge in [-0.1, -0.05) is 12.1 Å². The van der Waals surface area contributed by atoms with Gasteiger partial charge in [-0.05, 0) is 26.2 Å². The van der Waals surface area contributed by atoms with Crippen molar-refractivity contribution in [3.63, 3.8) is 0 Å². The quantitative estimate of drug-likeness (QED) is 0.850. The largest absolute Gasteiger partial charge is 0.492 e. The van der Waals surface area contributed by atoms with Gasteiger partial charge in [0, 0.05) is 12.1 Å². The molecule has 0 amide bonds. The van der Waals surface area contributed by atoms with Crippen LogP contribution < -0.4 is 16.2 Å². The van der Waals surface area contributed by atoms with E-state index in [1.807, 2.05) is 49.3 Å². The van der Waals surface area contributed by atoms with E-state index in [1.54, 1.807) is 0 Å². The van der Waals surface area contributed by atoms with Crippen molar-refractivity contribution >= 4 is 11.8 Å². The molecule has 0 saturated heterocycles. The Bertz CT molecular complexity index is 708. The predicted molar refractivity (Wildman–Crippen MR) is 85.1 cm³/mol. The van der Waals surface area contributed by atoms with Crippen LogP contribution in [0.25, 0.3) is 11.3 Å². The molecule has 0 aliphatic carbocycles. The fourth-order valence-electron chi connectivity index (χ4n) is 1.93. The van der Waals surface area contributed by atoms with Gasteiger partial charge in [-0.15, -0.1) is 0 Å². The molecule has 114 valence electrons. The normalized spacial score (nSPS) is 10.5. The number of hydrogen-bond donors (Lipinski definition) is 2. The lowest BCUT2D eigenvalue weighted by Gasteiger charge is -2.14. The van der Waals surface area contributed by atoms with Crippen LogP contribution in [0.15, 0.2) is 24.3 Å². The number of para-hydroxylation sites is 1. The third kappa shape index (κ3) is 3.42. The van der Waals surface area contributed by atoms with Gasteiger partial charge < -0.3 is 21.1 Å². The van der Waals surface area contributed by atoms with Gasteiger partial charge in [0.15, 0.2) is 0 Å². The summed E-state index contributed by atoms with van der Waals surface area (Å²) in [6.45, 7) is 1.29. The maximum atomic E-state index is 9.29. The fourth-order valence-corrected chi connectivity index (χ4v) is 1.93. The number of ether oxygens (including phenoxy) is 1. The Labute approximate surface area is 129 Å². The van der Waals surface area contributed by atoms with Gasteiger partial charge in [0.2, 0.25) is 5.95 Å². The summed E-state index contributed by atoms with van der Waals surface area (Å²) >= 11 is 0. The Hall–Kier alpha value is -2.85. The zero-order valence-electron chi connectivity index (χ0n) is 12.6. The molecule has 0 fully saturated rings. The number of hydrogen-bond acceptors (Lipinski definition) is 7. The van der Waals surface area contributed by atoms with Crippen molar-refractivity contribution in [3.05, 3.63) is 29.8 Å². The van der Waals surface area contributed by atoms with Crippen molar-refractivity contribution in [2.24, 2.45) is 0 Å². The van der Waals surface area contributed by atoms with Crippen LogP contribution in [0.2, 0.25) is 0 Å². The summed E-state index contributed by atoms with van der Waals surface area (Å²) in [6.07, 6.45) is 0. The second kappa shape index (κ2) is 6.74. The van der Waals surface area contributed by atoms with Gasteiger partial charge in [0.05, 0.1) is 5.69 Å². The molecular weight excluding hydrogens is 280 g/mol. The van der Waals surface area contributed by atoms with E-state index in [0.29, 0.717) is 23.6 Å². The van der Waals surface area contributed by atoms with E-state index in [-0.39, 0.29) is 17.3 Å². The van der Waals surface area contributed by atoms with E-state index in [0.717, 1.165) is 6.54 Å². The third-order valence-corrected chi connectivity index (χ3v) is 3.00. The number of rotatable bonds is 5. The van der Waals surface area contributed by atoms with Crippen molar-refractivity contribution in [2.75, 3.05) is 38.7 Å². The Morgan fingerprint density at radius 3 is 2.64 bits per heavy atom. The monoisotopic (exact) mass is 298 g/mol. The molecule has 7 heteroatoms. The molecule has 0 unspecified atom stereocenters. The molecular formula is C15H18N6O. The number of anilines is 2. The van der Waals surface area contributed by atoms with Crippen LogP contribution in [-0.2, 0) is 0 Å². The Balaban J connectivity index is 2.43. The van der Waals surface area contributed by atoms with E-state index < -0.39 is 0 Å². The minimum atomic E-state index is 0.0228. The van der Waals surface area contributed by atoms with Crippen molar-refractivity contribution in [3.8, 4) is 23.1 Å². The van der Waals surface area contributed by atoms with Gasteiger partial charge in [0.25, 0.3) is 0 Å². The molecule has 2 aromatic rings. The summed E-state index contributed by atoms with van der Waals surface area (Å²) in [6, 6.07) is 9.35. The first-order valence-corrected chi connectivity index (χ1v) is 6.73. The second-order valence-electron chi connectivity index (χ2n) is 4.95. The highest BCUT2D eigenvalue weighted by molar-refractivity contribution is 5.77. The molecule has 1 aromatic heterocycles. The Kier molecular flexibility index (Phi) is 4.76. The number of nitrogens with zero attached hydrogens (tertiary/aromatic N) is 4. The molecule has 0 aliphatic rings. The lowest BCUT2D eigenvalue weighted by Crippen LogP contribution is -2.19. The highest BCUT2D eigenvalue weighted by Gasteiger charge is 2.16. The first-order valence-electron chi connectivity index (χ1n) is 6.73. The molecule has 0 bridgehead atoms. The average Bonchev–Trinajstić information content (AvgIpc) is 2.46. The number of nitriles is 1. The molecule has 0 aliphatic heterocycles. The average molecular weight is 298 g/mol. The van der Waals surface area contributed by atoms with Crippen LogP contribution in [0.4, 0.5) is 11.8 Å². The molecule has 0 spiro atoms. The molecule has 1 aromatic carbocycles. The maximum absolute atomic E-state index is 9.29. The number of aromatic nitrogens is 2. The SMILES string of the molecule is CN(C)CCOc1ccccc1-c1nc(N)nc(N)c1C#N. The van der Waals surface area contributed by atoms with E-state index in [9.17, 15) is 5.26 Å². The maximum Gasteiger partial charge on any atom is 0.222 e. The Morgan fingerprint density at radius 1 is 1.23 bits per heavy atom. The van der Waals surface area contributed by atoms with Crippen molar-refractivity contribution in [1.29, 1.82) is 5.26 Å². The topological polar surface area (TPSA) is 114 Å². The predicted octanol–water partition coefficient (Wildman–Crippen LogP) is 1.12. The summed E-state index contributed by atoms with van der Waals surface area (Å²) in [5.74, 6) is 0.709. The van der Waals surface area contributed by atoms with Gasteiger partial charge in [0.1, 0.15) is 29.8 Å². The molecule has 7 nitrogen and oxygen atoms in total. The van der Waals surface area contributed by atoms with Gasteiger partial charge in [-0.3, -0.25) is 0 Å². The van der Waals surface area contributed by atoms with Crippen LogP contribution in [0.3, 0.4) is 0 Å². The molecule has 0 radical (unpaired) electrons. The molecule has 22 heavy (non-hydrogen) atoms. The van der Waals surface area contributed by atoms with Gasteiger partial charge in [-0.25, -0.2) is 4.98 Å². The summed E-state index contributed by atoms with van der Waals surface area (Å²) in [5, 5.41) is 9.29. The van der Waals surface area contributed by atoms with Crippen LogP contribution in [-0.4, -0.2) is 42.1 Å². The lowest BCUT2D eigenvalue weighted by atomic mass is 10.1. The number of likely N-dealkylation sites (N-methyl/N-ethyl adjacent to an activating group) is 1. The first-order chi connectivity index (χ1) is 10.5. The smallest absolute Gasteiger partial charge is 0.222 e. The first kappa shape index (κ1) is 15.5. The molecule has 0 atom stereocenters. The van der Waals surface area contributed by atoms with Crippen molar-refractivity contribution < 1.29 is 4.74 Å². The van der Waals surface area contributed by atoms with Crippen LogP contribution in [0.5, 0.6) is 5.75 Å². The van der Waals surface area contributed by atoms with E-state index in [1.165, 1.54) is 0 Å². The Morgan fingerprint density at radius 2 is 1.95 bits per heavy atom. The van der Waals surface area contributed by atoms with Crippen LogP contribution in [0, 0.1) is 11.3 Å². The summed E-state index contributed by atoms with van der Waals surface area (Å²) in [7, 11) is 3.93. The van der Waals surface area contributed by atoms with E-state index in [4.69, 9.17) is 16.2 Å².